The van der Waals surface area contributed by atoms with Crippen LogP contribution in [0.2, 0.25) is 0 Å². The molecular formula is C20H23F3N4O4S. The second-order valence-corrected chi connectivity index (χ2v) is 8.76. The van der Waals surface area contributed by atoms with Gasteiger partial charge in [0.25, 0.3) is 5.91 Å². The summed E-state index contributed by atoms with van der Waals surface area (Å²) in [4.78, 5) is 32.5. The van der Waals surface area contributed by atoms with Gasteiger partial charge in [-0.3, -0.25) is 4.79 Å². The van der Waals surface area contributed by atoms with Crippen molar-refractivity contribution in [3.63, 3.8) is 0 Å². The predicted octanol–water partition coefficient (Wildman–Crippen LogP) is 4.25. The first kappa shape index (κ1) is 25.2. The van der Waals surface area contributed by atoms with E-state index in [0.717, 1.165) is 18.9 Å². The molecule has 0 saturated carbocycles. The summed E-state index contributed by atoms with van der Waals surface area (Å²) in [5.74, 6) is -2.78. The van der Waals surface area contributed by atoms with Crippen LogP contribution in [0.15, 0.2) is 28.3 Å². The summed E-state index contributed by atoms with van der Waals surface area (Å²) in [5.41, 5.74) is -1.90. The minimum Gasteiger partial charge on any atom is -0.477 e. The van der Waals surface area contributed by atoms with E-state index in [1.165, 1.54) is 11.3 Å². The van der Waals surface area contributed by atoms with Crippen molar-refractivity contribution in [3.05, 3.63) is 39.1 Å². The molecule has 1 N–H and O–H groups in total. The van der Waals surface area contributed by atoms with Gasteiger partial charge in [0.15, 0.2) is 12.0 Å². The van der Waals surface area contributed by atoms with Gasteiger partial charge in [-0.2, -0.15) is 23.3 Å². The number of rotatable bonds is 7. The summed E-state index contributed by atoms with van der Waals surface area (Å²) in [6, 6.07) is 2.19. The lowest BCUT2D eigenvalue weighted by Crippen LogP contribution is -2.19. The highest BCUT2D eigenvalue weighted by Crippen LogP contribution is 2.33. The Labute approximate surface area is 186 Å². The third kappa shape index (κ3) is 6.74. The summed E-state index contributed by atoms with van der Waals surface area (Å²) in [7, 11) is 0. The van der Waals surface area contributed by atoms with Gasteiger partial charge in [0.1, 0.15) is 5.01 Å². The highest BCUT2D eigenvalue weighted by Gasteiger charge is 2.32. The molecule has 174 valence electrons. The molecular weight excluding hydrogens is 449 g/mol. The number of hydrogen-bond acceptors (Lipinski definition) is 6. The molecule has 0 fully saturated rings. The highest BCUT2D eigenvalue weighted by atomic mass is 32.1. The van der Waals surface area contributed by atoms with Crippen LogP contribution in [0.5, 0.6) is 5.75 Å². The maximum absolute atomic E-state index is 13.2. The number of carboxylic acids is 1. The maximum Gasteiger partial charge on any atom is 0.416 e. The van der Waals surface area contributed by atoms with E-state index in [2.05, 4.69) is 15.2 Å². The first-order valence-corrected chi connectivity index (χ1v) is 10.5. The number of carbonyl (C=O) groups is 2. The average Bonchev–Trinajstić information content (AvgIpc) is 3.08. The van der Waals surface area contributed by atoms with Crippen LogP contribution in [-0.2, 0) is 22.9 Å². The third-order valence-corrected chi connectivity index (χ3v) is 5.41. The number of hydrogen-bond donors (Lipinski definition) is 1. The molecule has 0 aliphatic carbocycles. The van der Waals surface area contributed by atoms with Crippen LogP contribution in [0.25, 0.3) is 0 Å². The summed E-state index contributed by atoms with van der Waals surface area (Å²) in [6.07, 6.45) is -2.66. The van der Waals surface area contributed by atoms with E-state index in [1.807, 2.05) is 27.7 Å². The molecule has 0 aliphatic rings. The molecule has 2 aromatic rings. The van der Waals surface area contributed by atoms with Gasteiger partial charge in [0.05, 0.1) is 11.1 Å². The largest absolute Gasteiger partial charge is 0.477 e. The number of benzene rings is 1. The van der Waals surface area contributed by atoms with E-state index in [4.69, 9.17) is 9.94 Å². The Balaban J connectivity index is 2.58. The van der Waals surface area contributed by atoms with E-state index in [9.17, 15) is 22.8 Å². The Morgan fingerprint density at radius 3 is 2.53 bits per heavy atom. The number of amides is 1. The van der Waals surface area contributed by atoms with Gasteiger partial charge in [-0.15, -0.1) is 0 Å². The smallest absolute Gasteiger partial charge is 0.416 e. The molecule has 0 saturated heterocycles. The van der Waals surface area contributed by atoms with E-state index in [1.54, 1.807) is 4.68 Å². The van der Waals surface area contributed by atoms with Crippen molar-refractivity contribution in [1.82, 2.24) is 9.78 Å². The van der Waals surface area contributed by atoms with Crippen molar-refractivity contribution in [2.45, 2.75) is 58.7 Å². The predicted molar refractivity (Wildman–Crippen MR) is 112 cm³/mol. The molecule has 0 aliphatic heterocycles. The van der Waals surface area contributed by atoms with Crippen LogP contribution in [0.4, 0.5) is 13.2 Å². The Morgan fingerprint density at radius 2 is 1.97 bits per heavy atom. The zero-order chi connectivity index (χ0) is 24.1. The van der Waals surface area contributed by atoms with Gasteiger partial charge in [0.2, 0.25) is 4.80 Å². The summed E-state index contributed by atoms with van der Waals surface area (Å²) < 4.78 is 41.1. The SMILES string of the molecule is CCCCn1nc(C(C)(C)C)s/c1=N\C(=O)c1cc(C(F)(F)F)ccc1O/N=C\C(=O)O. The third-order valence-electron chi connectivity index (χ3n) is 4.03. The van der Waals surface area contributed by atoms with Crippen molar-refractivity contribution in [3.8, 4) is 5.75 Å². The van der Waals surface area contributed by atoms with Gasteiger partial charge < -0.3 is 9.94 Å². The van der Waals surface area contributed by atoms with Crippen LogP contribution in [0.1, 0.15) is 61.5 Å². The monoisotopic (exact) mass is 472 g/mol. The van der Waals surface area contributed by atoms with E-state index in [0.29, 0.717) is 29.9 Å². The molecule has 1 aromatic carbocycles. The Morgan fingerprint density at radius 1 is 1.28 bits per heavy atom. The number of unbranched alkanes of at least 4 members (excludes halogenated alkanes) is 1. The minimum absolute atomic E-state index is 0.241. The number of aliphatic carboxylic acids is 1. The van der Waals surface area contributed by atoms with E-state index < -0.39 is 29.2 Å². The molecule has 0 radical (unpaired) electrons. The second kappa shape index (κ2) is 10.1. The van der Waals surface area contributed by atoms with Crippen molar-refractivity contribution < 1.29 is 32.7 Å². The average molecular weight is 472 g/mol. The molecule has 0 bridgehead atoms. The molecule has 8 nitrogen and oxygen atoms in total. The molecule has 0 unspecified atom stereocenters. The van der Waals surface area contributed by atoms with Gasteiger partial charge in [-0.05, 0) is 24.6 Å². The Bertz CT molecular complexity index is 1080. The summed E-state index contributed by atoms with van der Waals surface area (Å²) in [6.45, 7) is 8.32. The molecule has 1 heterocycles. The van der Waals surface area contributed by atoms with Crippen LogP contribution in [0.3, 0.4) is 0 Å². The number of oxime groups is 1. The van der Waals surface area contributed by atoms with Crippen molar-refractivity contribution in [1.29, 1.82) is 0 Å². The topological polar surface area (TPSA) is 106 Å². The number of carbonyl (C=O) groups excluding carboxylic acids is 1. The first-order chi connectivity index (χ1) is 14.8. The fourth-order valence-corrected chi connectivity index (χ4v) is 3.36. The molecule has 1 amide bonds. The van der Waals surface area contributed by atoms with Crippen LogP contribution in [-0.4, -0.2) is 33.0 Å². The quantitative estimate of drug-likeness (QED) is 0.479. The normalized spacial score (nSPS) is 13.0. The minimum atomic E-state index is -4.71. The van der Waals surface area contributed by atoms with E-state index in [-0.39, 0.29) is 16.0 Å². The zero-order valence-electron chi connectivity index (χ0n) is 17.9. The number of carboxylic acid groups (broad SMARTS) is 1. The van der Waals surface area contributed by atoms with Crippen LogP contribution < -0.4 is 9.64 Å². The van der Waals surface area contributed by atoms with E-state index >= 15 is 0 Å². The van der Waals surface area contributed by atoms with Gasteiger partial charge >= 0.3 is 12.1 Å². The molecule has 32 heavy (non-hydrogen) atoms. The Hall–Kier alpha value is -3.02. The maximum atomic E-state index is 13.2. The summed E-state index contributed by atoms with van der Waals surface area (Å²) >= 11 is 1.17. The van der Waals surface area contributed by atoms with Crippen LogP contribution in [0, 0.1) is 0 Å². The molecule has 12 heteroatoms. The fraction of sp³-hybridized carbons (Fsp3) is 0.450. The lowest BCUT2D eigenvalue weighted by molar-refractivity contribution is -0.137. The van der Waals surface area contributed by atoms with Crippen LogP contribution >= 0.6 is 11.3 Å². The van der Waals surface area contributed by atoms with Gasteiger partial charge in [-0.1, -0.05) is 50.6 Å². The fourth-order valence-electron chi connectivity index (χ4n) is 2.38. The molecule has 0 spiro atoms. The van der Waals surface area contributed by atoms with Gasteiger partial charge in [0, 0.05) is 12.0 Å². The van der Waals surface area contributed by atoms with Crippen molar-refractivity contribution in [2.24, 2.45) is 10.1 Å². The number of aromatic nitrogens is 2. The first-order valence-electron chi connectivity index (χ1n) is 9.65. The second-order valence-electron chi connectivity index (χ2n) is 7.81. The van der Waals surface area contributed by atoms with Crippen molar-refractivity contribution >= 4 is 29.4 Å². The lowest BCUT2D eigenvalue weighted by atomic mass is 9.98. The number of alkyl halides is 3. The summed E-state index contributed by atoms with van der Waals surface area (Å²) in [5, 5.41) is 17.0. The molecule has 1 aromatic heterocycles. The molecule has 2 rings (SSSR count). The number of halogens is 3. The van der Waals surface area contributed by atoms with Crippen molar-refractivity contribution in [2.75, 3.05) is 0 Å². The number of nitrogens with zero attached hydrogens (tertiary/aromatic N) is 4. The lowest BCUT2D eigenvalue weighted by Gasteiger charge is -2.12. The molecule has 0 atom stereocenters. The van der Waals surface area contributed by atoms with Gasteiger partial charge in [-0.25, -0.2) is 9.48 Å². The standard InChI is InChI=1S/C20H23F3N4O4S/c1-5-6-9-27-18(32-17(26-27)19(2,3)4)25-16(30)13-10-12(20(21,22)23)7-8-14(13)31-24-11-15(28)29/h7-8,10-11H,5-6,9H2,1-4H3,(H,28,29)/b24-11-,25-18-. The Kier molecular flexibility index (Phi) is 7.94. The zero-order valence-corrected chi connectivity index (χ0v) is 18.8. The number of aryl methyl sites for hydroxylation is 1. The highest BCUT2D eigenvalue weighted by molar-refractivity contribution is 7.09.